The van der Waals surface area contributed by atoms with Crippen LogP contribution in [-0.2, 0) is 17.8 Å². The summed E-state index contributed by atoms with van der Waals surface area (Å²) in [6.07, 6.45) is 4.83. The predicted octanol–water partition coefficient (Wildman–Crippen LogP) is 0.826. The molecule has 2 aliphatic rings. The Bertz CT molecular complexity index is 467. The molecule has 0 radical (unpaired) electrons. The number of nitrogens with zero attached hydrogens (tertiary/aromatic N) is 1. The molecule has 0 spiro atoms. The van der Waals surface area contributed by atoms with E-state index >= 15 is 0 Å². The topological polar surface area (TPSA) is 69.8 Å². The van der Waals surface area contributed by atoms with Crippen LogP contribution in [0.15, 0.2) is 6.33 Å². The molecule has 1 amide bonds. The van der Waals surface area contributed by atoms with Crippen molar-refractivity contribution in [1.82, 2.24) is 20.6 Å². The van der Waals surface area contributed by atoms with Gasteiger partial charge < -0.3 is 10.3 Å². The zero-order chi connectivity index (χ0) is 13.3. The maximum atomic E-state index is 12.2. The van der Waals surface area contributed by atoms with E-state index in [-0.39, 0.29) is 16.7 Å². The summed E-state index contributed by atoms with van der Waals surface area (Å²) in [4.78, 5) is 19.6. The van der Waals surface area contributed by atoms with Crippen LogP contribution >= 0.6 is 11.8 Å². The van der Waals surface area contributed by atoms with Gasteiger partial charge in [0.05, 0.1) is 23.8 Å². The molecule has 3 rings (SSSR count). The molecule has 0 saturated carbocycles. The Balaban J connectivity index is 1.54. The Labute approximate surface area is 117 Å². The van der Waals surface area contributed by atoms with E-state index in [9.17, 15) is 4.79 Å². The third kappa shape index (κ3) is 2.79. The average molecular weight is 280 g/mol. The van der Waals surface area contributed by atoms with Gasteiger partial charge in [0.15, 0.2) is 0 Å². The van der Waals surface area contributed by atoms with Gasteiger partial charge >= 0.3 is 0 Å². The van der Waals surface area contributed by atoms with E-state index in [0.29, 0.717) is 13.0 Å². The van der Waals surface area contributed by atoms with Crippen molar-refractivity contribution in [3.63, 3.8) is 0 Å². The highest BCUT2D eigenvalue weighted by Crippen LogP contribution is 2.36. The lowest BCUT2D eigenvalue weighted by atomic mass is 10.0. The molecule has 2 aliphatic heterocycles. The van der Waals surface area contributed by atoms with Crippen LogP contribution in [0.1, 0.15) is 31.2 Å². The molecule has 1 aromatic heterocycles. The number of aromatic nitrogens is 2. The van der Waals surface area contributed by atoms with Crippen LogP contribution in [-0.4, -0.2) is 39.0 Å². The first kappa shape index (κ1) is 13.0. The number of rotatable bonds is 3. The van der Waals surface area contributed by atoms with E-state index in [0.717, 1.165) is 17.9 Å². The summed E-state index contributed by atoms with van der Waals surface area (Å²) in [5.41, 5.74) is 2.11. The van der Waals surface area contributed by atoms with Crippen LogP contribution in [0.5, 0.6) is 0 Å². The highest BCUT2D eigenvalue weighted by molar-refractivity contribution is 8.00. The van der Waals surface area contributed by atoms with Crippen LogP contribution in [0.4, 0.5) is 0 Å². The largest absolute Gasteiger partial charge is 0.353 e. The second kappa shape index (κ2) is 5.17. The number of carbonyl (C=O) groups excluding carboxylic acids is 1. The van der Waals surface area contributed by atoms with Gasteiger partial charge in [0.25, 0.3) is 0 Å². The van der Waals surface area contributed by atoms with Gasteiger partial charge in [-0.05, 0) is 25.5 Å². The number of aromatic amines is 1. The van der Waals surface area contributed by atoms with Gasteiger partial charge in [-0.25, -0.2) is 4.98 Å². The number of nitrogens with one attached hydrogen (secondary N) is 3. The summed E-state index contributed by atoms with van der Waals surface area (Å²) in [6.45, 7) is 3.70. The second-order valence-electron chi connectivity index (χ2n) is 5.59. The lowest BCUT2D eigenvalue weighted by Gasteiger charge is -2.26. The summed E-state index contributed by atoms with van der Waals surface area (Å²) in [6, 6.07) is -0.147. The normalized spacial score (nSPS) is 30.1. The number of hydrogen-bond donors (Lipinski definition) is 3. The first-order valence-corrected chi connectivity index (χ1v) is 7.81. The Kier molecular flexibility index (Phi) is 3.54. The van der Waals surface area contributed by atoms with Gasteiger partial charge in [-0.2, -0.15) is 11.8 Å². The third-order valence-corrected chi connectivity index (χ3v) is 5.52. The summed E-state index contributed by atoms with van der Waals surface area (Å²) in [5.74, 6) is 1.31. The summed E-state index contributed by atoms with van der Waals surface area (Å²) in [7, 11) is 0. The molecule has 3 heterocycles. The maximum Gasteiger partial charge on any atom is 0.237 e. The molecule has 0 bridgehead atoms. The van der Waals surface area contributed by atoms with Crippen molar-refractivity contribution < 1.29 is 4.79 Å². The first-order chi connectivity index (χ1) is 9.16. The van der Waals surface area contributed by atoms with Crippen molar-refractivity contribution in [1.29, 1.82) is 0 Å². The zero-order valence-electron chi connectivity index (χ0n) is 11.2. The monoisotopic (exact) mass is 280 g/mol. The van der Waals surface area contributed by atoms with Crippen LogP contribution in [0.3, 0.4) is 0 Å². The van der Waals surface area contributed by atoms with Gasteiger partial charge in [-0.3, -0.25) is 10.1 Å². The lowest BCUT2D eigenvalue weighted by molar-refractivity contribution is -0.123. The molecule has 0 aromatic carbocycles. The Morgan fingerprint density at radius 1 is 1.68 bits per heavy atom. The number of amides is 1. The van der Waals surface area contributed by atoms with Gasteiger partial charge in [-0.1, -0.05) is 0 Å². The predicted molar refractivity (Wildman–Crippen MR) is 76.0 cm³/mol. The molecule has 0 aliphatic carbocycles. The standard InChI is InChI=1S/C13H20N4OS/c1-13(3-2-4-19-13)7-15-12(18)10-5-9-11(6-14-10)17-8-16-9/h8,10,14H,2-7H2,1H3,(H,15,18)(H,16,17). The van der Waals surface area contributed by atoms with Gasteiger partial charge in [0, 0.05) is 24.3 Å². The molecule has 2 atom stereocenters. The van der Waals surface area contributed by atoms with Crippen molar-refractivity contribution in [2.75, 3.05) is 12.3 Å². The van der Waals surface area contributed by atoms with Crippen LogP contribution < -0.4 is 10.6 Å². The van der Waals surface area contributed by atoms with E-state index in [1.54, 1.807) is 6.33 Å². The minimum atomic E-state index is -0.147. The Hall–Kier alpha value is -1.01. The van der Waals surface area contributed by atoms with Crippen LogP contribution in [0, 0.1) is 0 Å². The molecule has 6 heteroatoms. The average Bonchev–Trinajstić information content (AvgIpc) is 3.04. The number of H-pyrrole nitrogens is 1. The van der Waals surface area contributed by atoms with Crippen molar-refractivity contribution in [2.45, 2.75) is 43.5 Å². The molecule has 19 heavy (non-hydrogen) atoms. The number of thioether (sulfide) groups is 1. The summed E-state index contributed by atoms with van der Waals surface area (Å²) in [5, 5.41) is 6.36. The van der Waals surface area contributed by atoms with Crippen LogP contribution in [0.2, 0.25) is 0 Å². The quantitative estimate of drug-likeness (QED) is 0.767. The second-order valence-corrected chi connectivity index (χ2v) is 7.27. The van der Waals surface area contributed by atoms with Gasteiger partial charge in [0.2, 0.25) is 5.91 Å². The fourth-order valence-electron chi connectivity index (χ4n) is 2.73. The molecule has 1 saturated heterocycles. The first-order valence-electron chi connectivity index (χ1n) is 6.82. The molecular formula is C13H20N4OS. The molecule has 5 nitrogen and oxygen atoms in total. The Morgan fingerprint density at radius 2 is 2.58 bits per heavy atom. The Morgan fingerprint density at radius 3 is 3.37 bits per heavy atom. The molecule has 3 N–H and O–H groups in total. The fraction of sp³-hybridized carbons (Fsp3) is 0.692. The number of carbonyl (C=O) groups is 1. The summed E-state index contributed by atoms with van der Waals surface area (Å²) < 4.78 is 0.224. The molecule has 2 unspecified atom stereocenters. The fourth-order valence-corrected chi connectivity index (χ4v) is 3.97. The summed E-state index contributed by atoms with van der Waals surface area (Å²) >= 11 is 1.97. The highest BCUT2D eigenvalue weighted by atomic mass is 32.2. The third-order valence-electron chi connectivity index (χ3n) is 3.98. The molecule has 1 aromatic rings. The minimum absolute atomic E-state index is 0.0994. The zero-order valence-corrected chi connectivity index (χ0v) is 12.0. The molecule has 1 fully saturated rings. The number of imidazole rings is 1. The van der Waals surface area contributed by atoms with Crippen molar-refractivity contribution in [3.05, 3.63) is 17.7 Å². The van der Waals surface area contributed by atoms with E-state index in [2.05, 4.69) is 27.5 Å². The number of fused-ring (bicyclic) bond motifs is 1. The maximum absolute atomic E-state index is 12.2. The van der Waals surface area contributed by atoms with Crippen molar-refractivity contribution in [2.24, 2.45) is 0 Å². The SMILES string of the molecule is CC1(CNC(=O)C2Cc3nc[nH]c3CN2)CCCS1. The molecular weight excluding hydrogens is 260 g/mol. The van der Waals surface area contributed by atoms with E-state index in [1.807, 2.05) is 11.8 Å². The van der Waals surface area contributed by atoms with E-state index < -0.39 is 0 Å². The minimum Gasteiger partial charge on any atom is -0.353 e. The van der Waals surface area contributed by atoms with Crippen molar-refractivity contribution in [3.8, 4) is 0 Å². The van der Waals surface area contributed by atoms with Crippen molar-refractivity contribution >= 4 is 17.7 Å². The highest BCUT2D eigenvalue weighted by Gasteiger charge is 2.31. The molecule has 104 valence electrons. The van der Waals surface area contributed by atoms with Crippen LogP contribution in [0.25, 0.3) is 0 Å². The van der Waals surface area contributed by atoms with Gasteiger partial charge in [0.1, 0.15) is 0 Å². The van der Waals surface area contributed by atoms with Gasteiger partial charge in [-0.15, -0.1) is 0 Å². The lowest BCUT2D eigenvalue weighted by Crippen LogP contribution is -2.50. The number of hydrogen-bond acceptors (Lipinski definition) is 4. The smallest absolute Gasteiger partial charge is 0.237 e. The van der Waals surface area contributed by atoms with E-state index in [1.165, 1.54) is 18.6 Å². The van der Waals surface area contributed by atoms with E-state index in [4.69, 9.17) is 0 Å².